The Morgan fingerprint density at radius 2 is 1.42 bits per heavy atom. The third kappa shape index (κ3) is 3.29. The molecule has 0 saturated carbocycles. The van der Waals surface area contributed by atoms with Crippen molar-refractivity contribution in [3.8, 4) is 11.5 Å². The number of nitro groups is 1. The molecule has 1 atom stereocenters. The predicted molar refractivity (Wildman–Crippen MR) is 120 cm³/mol. The molecule has 0 saturated heterocycles. The first-order chi connectivity index (χ1) is 15.9. The molecule has 5 rings (SSSR count). The van der Waals surface area contributed by atoms with Gasteiger partial charge in [0.25, 0.3) is 5.69 Å². The highest BCUT2D eigenvalue weighted by Gasteiger charge is 2.31. The fourth-order valence-electron chi connectivity index (χ4n) is 4.28. The van der Waals surface area contributed by atoms with Crippen LogP contribution in [0.3, 0.4) is 0 Å². The first kappa shape index (κ1) is 20.6. The van der Waals surface area contributed by atoms with Crippen LogP contribution >= 0.6 is 0 Å². The molecule has 7 nitrogen and oxygen atoms in total. The molecule has 0 bridgehead atoms. The number of ether oxygens (including phenoxy) is 2. The first-order valence-corrected chi connectivity index (χ1v) is 10.6. The summed E-state index contributed by atoms with van der Waals surface area (Å²) in [5, 5.41) is 12.5. The predicted octanol–water partition coefficient (Wildman–Crippen LogP) is 3.34. The Morgan fingerprint density at radius 3 is 1.97 bits per heavy atom. The second kappa shape index (κ2) is 7.70. The topological polar surface area (TPSA) is 95.7 Å². The molecule has 2 aliphatic rings. The SMILES string of the molecule is CCC(C)c1cc(C2=c3cc4c(cc3OC2=O)=C(c2ccccc2)C(=O)O4)ccc1[N+](=O)[O-]. The molecule has 0 aliphatic carbocycles. The van der Waals surface area contributed by atoms with Crippen LogP contribution in [-0.4, -0.2) is 16.9 Å². The maximum Gasteiger partial charge on any atom is 0.344 e. The second-order valence-corrected chi connectivity index (χ2v) is 8.08. The molecule has 0 fully saturated rings. The van der Waals surface area contributed by atoms with Crippen LogP contribution in [0.25, 0.3) is 11.1 Å². The normalized spacial score (nSPS) is 15.1. The molecular weight excluding hydrogens is 422 g/mol. The summed E-state index contributed by atoms with van der Waals surface area (Å²) in [5.74, 6) is -0.416. The van der Waals surface area contributed by atoms with E-state index in [4.69, 9.17) is 9.47 Å². The Hall–Kier alpha value is -4.26. The fraction of sp³-hybridized carbons (Fsp3) is 0.154. The van der Waals surface area contributed by atoms with Gasteiger partial charge in [0.05, 0.1) is 16.1 Å². The van der Waals surface area contributed by atoms with E-state index >= 15 is 0 Å². The van der Waals surface area contributed by atoms with Gasteiger partial charge in [-0.2, -0.15) is 0 Å². The molecule has 0 spiro atoms. The van der Waals surface area contributed by atoms with Crippen LogP contribution < -0.4 is 19.9 Å². The van der Waals surface area contributed by atoms with Gasteiger partial charge in [-0.15, -0.1) is 0 Å². The Balaban J connectivity index is 1.74. The quantitative estimate of drug-likeness (QED) is 0.261. The second-order valence-electron chi connectivity index (χ2n) is 8.08. The zero-order valence-electron chi connectivity index (χ0n) is 18.0. The van der Waals surface area contributed by atoms with E-state index in [2.05, 4.69) is 0 Å². The van der Waals surface area contributed by atoms with E-state index in [1.54, 1.807) is 24.3 Å². The minimum Gasteiger partial charge on any atom is -0.422 e. The lowest BCUT2D eigenvalue weighted by atomic mass is 9.92. The zero-order chi connectivity index (χ0) is 23.3. The minimum absolute atomic E-state index is 0.0188. The van der Waals surface area contributed by atoms with Crippen LogP contribution in [0, 0.1) is 10.1 Å². The molecule has 3 aromatic rings. The summed E-state index contributed by atoms with van der Waals surface area (Å²) in [5.41, 5.74) is 2.51. The lowest BCUT2D eigenvalue weighted by Crippen LogP contribution is -2.11. The molecule has 0 amide bonds. The summed E-state index contributed by atoms with van der Waals surface area (Å²) >= 11 is 0. The average Bonchev–Trinajstić information content (AvgIpc) is 3.30. The van der Waals surface area contributed by atoms with Crippen LogP contribution in [0.4, 0.5) is 5.69 Å². The Morgan fingerprint density at radius 1 is 0.848 bits per heavy atom. The largest absolute Gasteiger partial charge is 0.422 e. The fourth-order valence-corrected chi connectivity index (χ4v) is 4.28. The first-order valence-electron chi connectivity index (χ1n) is 10.6. The standard InChI is InChI=1S/C26H19NO6/c1-3-14(2)17-11-16(9-10-20(17)27(30)31)24-19-13-21-18(12-22(19)33-26(24)29)23(25(28)32-21)15-7-5-4-6-8-15/h4-14H,3H2,1-2H3. The molecule has 2 aliphatic heterocycles. The molecule has 0 radical (unpaired) electrons. The van der Waals surface area contributed by atoms with Crippen molar-refractivity contribution < 1.29 is 24.0 Å². The number of fused-ring (bicyclic) bond motifs is 2. The van der Waals surface area contributed by atoms with Crippen LogP contribution in [0.2, 0.25) is 0 Å². The van der Waals surface area contributed by atoms with Crippen LogP contribution in [0.5, 0.6) is 11.5 Å². The molecule has 7 heteroatoms. The van der Waals surface area contributed by atoms with Gasteiger partial charge in [0.1, 0.15) is 11.5 Å². The molecule has 164 valence electrons. The summed E-state index contributed by atoms with van der Waals surface area (Å²) in [4.78, 5) is 36.5. The van der Waals surface area contributed by atoms with Gasteiger partial charge in [-0.3, -0.25) is 10.1 Å². The van der Waals surface area contributed by atoms with Crippen molar-refractivity contribution in [2.24, 2.45) is 0 Å². The van der Waals surface area contributed by atoms with Crippen molar-refractivity contribution in [1.29, 1.82) is 0 Å². The van der Waals surface area contributed by atoms with Gasteiger partial charge in [0, 0.05) is 22.1 Å². The number of rotatable bonds is 5. The number of hydrogen-bond acceptors (Lipinski definition) is 6. The average molecular weight is 441 g/mol. The van der Waals surface area contributed by atoms with Gasteiger partial charge < -0.3 is 9.47 Å². The Bertz CT molecular complexity index is 1470. The van der Waals surface area contributed by atoms with E-state index in [1.165, 1.54) is 6.07 Å². The van der Waals surface area contributed by atoms with E-state index in [-0.39, 0.29) is 17.2 Å². The molecule has 0 N–H and O–H groups in total. The van der Waals surface area contributed by atoms with Crippen LogP contribution in [-0.2, 0) is 9.59 Å². The maximum absolute atomic E-state index is 12.8. The molecule has 0 aromatic heterocycles. The number of hydrogen-bond donors (Lipinski definition) is 0. The van der Waals surface area contributed by atoms with Crippen molar-refractivity contribution in [2.45, 2.75) is 26.2 Å². The molecule has 1 unspecified atom stereocenters. The van der Waals surface area contributed by atoms with Gasteiger partial charge in [0.2, 0.25) is 0 Å². The third-order valence-corrected chi connectivity index (χ3v) is 6.15. The number of nitro benzene ring substituents is 1. The van der Waals surface area contributed by atoms with Gasteiger partial charge in [-0.25, -0.2) is 9.59 Å². The third-order valence-electron chi connectivity index (χ3n) is 6.15. The van der Waals surface area contributed by atoms with E-state index in [1.807, 2.05) is 44.2 Å². The van der Waals surface area contributed by atoms with Gasteiger partial charge in [0.15, 0.2) is 0 Å². The van der Waals surface area contributed by atoms with Crippen molar-refractivity contribution in [3.05, 3.63) is 97.9 Å². The monoisotopic (exact) mass is 441 g/mol. The van der Waals surface area contributed by atoms with Gasteiger partial charge >= 0.3 is 11.9 Å². The Labute approximate surface area is 188 Å². The minimum atomic E-state index is -0.551. The van der Waals surface area contributed by atoms with Crippen molar-refractivity contribution in [1.82, 2.24) is 0 Å². The number of carbonyl (C=O) groups excluding carboxylic acids is 2. The smallest absolute Gasteiger partial charge is 0.344 e. The van der Waals surface area contributed by atoms with Crippen molar-refractivity contribution in [2.75, 3.05) is 0 Å². The summed E-state index contributed by atoms with van der Waals surface area (Å²) < 4.78 is 11.0. The summed E-state index contributed by atoms with van der Waals surface area (Å²) in [6.45, 7) is 3.86. The molecule has 2 heterocycles. The van der Waals surface area contributed by atoms with Crippen molar-refractivity contribution in [3.63, 3.8) is 0 Å². The number of nitrogens with zero attached hydrogens (tertiary/aromatic N) is 1. The highest BCUT2D eigenvalue weighted by molar-refractivity contribution is 6.21. The summed E-state index contributed by atoms with van der Waals surface area (Å²) in [6, 6.07) is 17.1. The van der Waals surface area contributed by atoms with E-state index in [0.29, 0.717) is 50.6 Å². The molecule has 33 heavy (non-hydrogen) atoms. The number of benzene rings is 3. The molecular formula is C26H19NO6. The number of carbonyl (C=O) groups is 2. The lowest BCUT2D eigenvalue weighted by molar-refractivity contribution is -0.385. The van der Waals surface area contributed by atoms with E-state index < -0.39 is 16.9 Å². The zero-order valence-corrected chi connectivity index (χ0v) is 18.0. The van der Waals surface area contributed by atoms with Crippen LogP contribution in [0.15, 0.2) is 60.7 Å². The number of esters is 2. The van der Waals surface area contributed by atoms with E-state index in [0.717, 1.165) is 0 Å². The summed E-state index contributed by atoms with van der Waals surface area (Å²) in [6.07, 6.45) is 0.711. The highest BCUT2D eigenvalue weighted by atomic mass is 16.6. The molecule has 3 aromatic carbocycles. The van der Waals surface area contributed by atoms with Crippen LogP contribution in [0.1, 0.15) is 42.9 Å². The van der Waals surface area contributed by atoms with E-state index in [9.17, 15) is 19.7 Å². The maximum atomic E-state index is 12.8. The van der Waals surface area contributed by atoms with Gasteiger partial charge in [-0.05, 0) is 47.7 Å². The lowest BCUT2D eigenvalue weighted by Gasteiger charge is -2.11. The summed E-state index contributed by atoms with van der Waals surface area (Å²) in [7, 11) is 0. The van der Waals surface area contributed by atoms with Gasteiger partial charge in [-0.1, -0.05) is 44.2 Å². The Kier molecular flexibility index (Phi) is 4.82. The highest BCUT2D eigenvalue weighted by Crippen LogP contribution is 2.33. The van der Waals surface area contributed by atoms with Crippen molar-refractivity contribution >= 4 is 28.8 Å².